The van der Waals surface area contributed by atoms with Crippen LogP contribution in [0.25, 0.3) is 5.70 Å². The molecule has 0 N–H and O–H groups in total. The fourth-order valence-corrected chi connectivity index (χ4v) is 1.22. The zero-order chi connectivity index (χ0) is 12.9. The second kappa shape index (κ2) is 5.43. The van der Waals surface area contributed by atoms with Gasteiger partial charge in [0, 0.05) is 11.8 Å². The Kier molecular flexibility index (Phi) is 4.20. The molecule has 0 aliphatic carbocycles. The third-order valence-electron chi connectivity index (χ3n) is 2.03. The first kappa shape index (κ1) is 13.2. The van der Waals surface area contributed by atoms with Crippen molar-refractivity contribution in [3.8, 4) is 0 Å². The van der Waals surface area contributed by atoms with E-state index in [1.165, 1.54) is 18.3 Å². The van der Waals surface area contributed by atoms with Gasteiger partial charge in [-0.1, -0.05) is 24.8 Å². The second-order valence-electron chi connectivity index (χ2n) is 3.15. The molecule has 0 atom stereocenters. The van der Waals surface area contributed by atoms with Gasteiger partial charge in [-0.3, -0.25) is 0 Å². The van der Waals surface area contributed by atoms with Gasteiger partial charge in [0.15, 0.2) is 0 Å². The Morgan fingerprint density at radius 2 is 1.82 bits per heavy atom. The van der Waals surface area contributed by atoms with Gasteiger partial charge in [-0.15, -0.1) is 0 Å². The molecule has 0 fully saturated rings. The molecule has 0 radical (unpaired) electrons. The Balaban J connectivity index is 3.02. The van der Waals surface area contributed by atoms with E-state index in [9.17, 15) is 13.2 Å². The van der Waals surface area contributed by atoms with Crippen LogP contribution in [0.2, 0.25) is 0 Å². The second-order valence-corrected chi connectivity index (χ2v) is 3.15. The maximum Gasteiger partial charge on any atom is 0.416 e. The van der Waals surface area contributed by atoms with Crippen LogP contribution >= 0.6 is 0 Å². The van der Waals surface area contributed by atoms with Crippen LogP contribution in [0.3, 0.4) is 0 Å². The molecule has 1 aromatic carbocycles. The molecule has 0 saturated carbocycles. The monoisotopic (exact) mass is 240 g/mol. The minimum absolute atomic E-state index is 0.499. The zero-order valence-corrected chi connectivity index (χ0v) is 9.20. The number of hydrogen-bond donors (Lipinski definition) is 0. The van der Waals surface area contributed by atoms with Crippen molar-refractivity contribution in [2.75, 3.05) is 0 Å². The number of allylic oxidation sites excluding steroid dienone is 1. The molecule has 17 heavy (non-hydrogen) atoms. The van der Waals surface area contributed by atoms with Crippen LogP contribution in [-0.4, -0.2) is 0 Å². The maximum absolute atomic E-state index is 12.3. The molecule has 90 valence electrons. The lowest BCUT2D eigenvalue weighted by Crippen LogP contribution is -2.04. The molecule has 1 aromatic rings. The van der Waals surface area contributed by atoms with E-state index in [-0.39, 0.29) is 0 Å². The minimum atomic E-state index is -4.32. The summed E-state index contributed by atoms with van der Waals surface area (Å²) in [5.41, 5.74) is 0.391. The molecule has 0 spiro atoms. The fourth-order valence-electron chi connectivity index (χ4n) is 1.22. The highest BCUT2D eigenvalue weighted by molar-refractivity contribution is 5.64. The van der Waals surface area contributed by atoms with Crippen LogP contribution in [0.4, 0.5) is 13.2 Å². The summed E-state index contributed by atoms with van der Waals surface area (Å²) in [7, 11) is 0. The highest BCUT2D eigenvalue weighted by Gasteiger charge is 2.29. The molecule has 5 heteroatoms. The Labute approximate surface area is 97.2 Å². The van der Waals surface area contributed by atoms with Gasteiger partial charge in [-0.25, -0.2) is 0 Å². The van der Waals surface area contributed by atoms with Crippen LogP contribution in [0.15, 0.2) is 53.3 Å². The first-order chi connectivity index (χ1) is 7.99. The summed E-state index contributed by atoms with van der Waals surface area (Å²) >= 11 is 0. The molecular weight excluding hydrogens is 229 g/mol. The van der Waals surface area contributed by atoms with E-state index in [0.717, 1.165) is 12.1 Å². The molecule has 2 nitrogen and oxygen atoms in total. The molecule has 0 aromatic heterocycles. The Morgan fingerprint density at radius 3 is 2.24 bits per heavy atom. The summed E-state index contributed by atoms with van der Waals surface area (Å²) in [5, 5.41) is 7.40. The molecular formula is C12H11F3N2. The van der Waals surface area contributed by atoms with E-state index >= 15 is 0 Å². The van der Waals surface area contributed by atoms with E-state index < -0.39 is 11.7 Å². The number of nitrogens with zero attached hydrogens (tertiary/aromatic N) is 2. The van der Waals surface area contributed by atoms with E-state index in [2.05, 4.69) is 16.8 Å². The van der Waals surface area contributed by atoms with Crippen LogP contribution in [-0.2, 0) is 6.18 Å². The van der Waals surface area contributed by atoms with Crippen molar-refractivity contribution in [3.63, 3.8) is 0 Å². The van der Waals surface area contributed by atoms with Crippen molar-refractivity contribution < 1.29 is 13.2 Å². The minimum Gasteiger partial charge on any atom is -0.166 e. The van der Waals surface area contributed by atoms with Crippen molar-refractivity contribution >= 4 is 5.70 Å². The normalized spacial score (nSPS) is 13.1. The van der Waals surface area contributed by atoms with Gasteiger partial charge in [0.05, 0.1) is 11.3 Å². The van der Waals surface area contributed by atoms with Crippen molar-refractivity contribution in [1.29, 1.82) is 0 Å². The Hall–Kier alpha value is -1.91. The SMILES string of the molecule is C=CN=N/C(=C\C)c1ccc(C(F)(F)F)cc1. The Morgan fingerprint density at radius 1 is 1.24 bits per heavy atom. The summed E-state index contributed by atoms with van der Waals surface area (Å²) in [4.78, 5) is 0. The number of benzene rings is 1. The average Bonchev–Trinajstić information content (AvgIpc) is 2.29. The first-order valence-electron chi connectivity index (χ1n) is 4.84. The predicted molar refractivity (Wildman–Crippen MR) is 60.1 cm³/mol. The maximum atomic E-state index is 12.3. The van der Waals surface area contributed by atoms with Crippen LogP contribution in [0.5, 0.6) is 0 Å². The van der Waals surface area contributed by atoms with Crippen LogP contribution < -0.4 is 0 Å². The van der Waals surface area contributed by atoms with Gasteiger partial charge in [-0.05, 0) is 19.1 Å². The van der Waals surface area contributed by atoms with Crippen molar-refractivity contribution in [2.45, 2.75) is 13.1 Å². The van der Waals surface area contributed by atoms with Gasteiger partial charge in [0.2, 0.25) is 0 Å². The molecule has 0 amide bonds. The Bertz CT molecular complexity index is 442. The quantitative estimate of drug-likeness (QED) is 0.686. The van der Waals surface area contributed by atoms with E-state index in [1.54, 1.807) is 13.0 Å². The summed E-state index contributed by atoms with van der Waals surface area (Å²) in [5.74, 6) is 0. The van der Waals surface area contributed by atoms with E-state index in [4.69, 9.17) is 0 Å². The van der Waals surface area contributed by atoms with Crippen LogP contribution in [0.1, 0.15) is 18.1 Å². The highest BCUT2D eigenvalue weighted by atomic mass is 19.4. The molecule has 1 rings (SSSR count). The summed E-state index contributed by atoms with van der Waals surface area (Å²) in [6.45, 7) is 5.10. The third kappa shape index (κ3) is 3.55. The van der Waals surface area contributed by atoms with Gasteiger partial charge in [0.1, 0.15) is 0 Å². The smallest absolute Gasteiger partial charge is 0.166 e. The molecule has 0 saturated heterocycles. The molecule has 0 heterocycles. The predicted octanol–water partition coefficient (Wildman–Crippen LogP) is 4.66. The van der Waals surface area contributed by atoms with E-state index in [1.807, 2.05) is 0 Å². The third-order valence-corrected chi connectivity index (χ3v) is 2.03. The van der Waals surface area contributed by atoms with Crippen molar-refractivity contribution in [3.05, 3.63) is 54.2 Å². The van der Waals surface area contributed by atoms with Crippen molar-refractivity contribution in [1.82, 2.24) is 0 Å². The fraction of sp³-hybridized carbons (Fsp3) is 0.167. The number of hydrogen-bond acceptors (Lipinski definition) is 2. The van der Waals surface area contributed by atoms with Gasteiger partial charge >= 0.3 is 6.18 Å². The molecule has 0 bridgehead atoms. The number of azo groups is 1. The number of halogens is 3. The topological polar surface area (TPSA) is 24.7 Å². The highest BCUT2D eigenvalue weighted by Crippen LogP contribution is 2.30. The molecule has 0 unspecified atom stereocenters. The lowest BCUT2D eigenvalue weighted by molar-refractivity contribution is -0.137. The number of rotatable bonds is 3. The lowest BCUT2D eigenvalue weighted by atomic mass is 10.1. The lowest BCUT2D eigenvalue weighted by Gasteiger charge is -2.07. The summed E-state index contributed by atoms with van der Waals surface area (Å²) in [6, 6.07) is 4.76. The van der Waals surface area contributed by atoms with Gasteiger partial charge in [0.25, 0.3) is 0 Å². The zero-order valence-electron chi connectivity index (χ0n) is 9.20. The van der Waals surface area contributed by atoms with Gasteiger partial charge in [-0.2, -0.15) is 23.4 Å². The summed E-state index contributed by atoms with van der Waals surface area (Å²) in [6.07, 6.45) is -1.40. The molecule has 0 aliphatic heterocycles. The standard InChI is InChI=1S/C12H11F3N2/c1-3-11(17-16-4-2)9-5-7-10(8-6-9)12(13,14)15/h3-8H,2H2,1H3/b11-3-,17-16?. The van der Waals surface area contributed by atoms with E-state index in [0.29, 0.717) is 11.3 Å². The van der Waals surface area contributed by atoms with Crippen LogP contribution in [0, 0.1) is 0 Å². The van der Waals surface area contributed by atoms with Crippen molar-refractivity contribution in [2.24, 2.45) is 10.2 Å². The molecule has 0 aliphatic rings. The van der Waals surface area contributed by atoms with Gasteiger partial charge < -0.3 is 0 Å². The number of alkyl halides is 3. The summed E-state index contributed by atoms with van der Waals surface area (Å²) < 4.78 is 37.0. The average molecular weight is 240 g/mol. The largest absolute Gasteiger partial charge is 0.416 e. The first-order valence-corrected chi connectivity index (χ1v) is 4.84.